The molecule has 0 amide bonds. The number of nitrogens with zero attached hydrogens (tertiary/aromatic N) is 1. The lowest BCUT2D eigenvalue weighted by atomic mass is 10.2. The number of aromatic carboxylic acids is 1. The molecule has 1 aromatic carbocycles. The number of sulfonamides is 1. The molecule has 1 atom stereocenters. The summed E-state index contributed by atoms with van der Waals surface area (Å²) in [7, 11) is -3.89. The van der Waals surface area contributed by atoms with E-state index in [1.165, 1.54) is 18.3 Å². The molecular formula is C12H12BrN3O4S. The fraction of sp³-hybridized carbons (Fsp3) is 0.167. The van der Waals surface area contributed by atoms with Crippen molar-refractivity contribution in [2.24, 2.45) is 0 Å². The lowest BCUT2D eigenvalue weighted by Crippen LogP contribution is -2.28. The van der Waals surface area contributed by atoms with Gasteiger partial charge in [0.1, 0.15) is 5.82 Å². The standard InChI is InChI=1S/C12H12BrN3O4S/c1-7(11-14-4-5-15-11)16-21(19,20)10-6-8(12(17)18)2-3-9(10)13/h2-7,16H,1H3,(H,14,15)(H,17,18). The molecule has 0 bridgehead atoms. The van der Waals surface area contributed by atoms with Crippen molar-refractivity contribution in [2.75, 3.05) is 0 Å². The molecule has 2 aromatic rings. The van der Waals surface area contributed by atoms with Crippen LogP contribution in [0.25, 0.3) is 0 Å². The first-order chi connectivity index (χ1) is 9.81. The van der Waals surface area contributed by atoms with Crippen LogP contribution >= 0.6 is 15.9 Å². The maximum Gasteiger partial charge on any atom is 0.335 e. The Balaban J connectivity index is 2.35. The van der Waals surface area contributed by atoms with Gasteiger partial charge in [-0.1, -0.05) is 0 Å². The maximum absolute atomic E-state index is 12.4. The second-order valence-electron chi connectivity index (χ2n) is 4.27. The third-order valence-corrected chi connectivity index (χ3v) is 5.26. The summed E-state index contributed by atoms with van der Waals surface area (Å²) in [5.74, 6) is -0.734. The summed E-state index contributed by atoms with van der Waals surface area (Å²) >= 11 is 3.12. The highest BCUT2D eigenvalue weighted by Crippen LogP contribution is 2.24. The average molecular weight is 374 g/mol. The topological polar surface area (TPSA) is 112 Å². The number of benzene rings is 1. The molecule has 3 N–H and O–H groups in total. The minimum atomic E-state index is -3.89. The van der Waals surface area contributed by atoms with E-state index in [9.17, 15) is 13.2 Å². The quantitative estimate of drug-likeness (QED) is 0.740. The summed E-state index contributed by atoms with van der Waals surface area (Å²) < 4.78 is 27.4. The highest BCUT2D eigenvalue weighted by Gasteiger charge is 2.23. The minimum Gasteiger partial charge on any atom is -0.478 e. The van der Waals surface area contributed by atoms with Crippen molar-refractivity contribution >= 4 is 31.9 Å². The normalized spacial score (nSPS) is 13.0. The first-order valence-corrected chi connectivity index (χ1v) is 8.13. The molecule has 0 saturated carbocycles. The van der Waals surface area contributed by atoms with Crippen LogP contribution < -0.4 is 4.72 Å². The second-order valence-corrected chi connectivity index (χ2v) is 6.80. The molecule has 0 aliphatic rings. The molecule has 0 saturated heterocycles. The number of hydrogen-bond donors (Lipinski definition) is 3. The molecule has 0 aliphatic heterocycles. The van der Waals surface area contributed by atoms with Crippen molar-refractivity contribution in [1.29, 1.82) is 0 Å². The first-order valence-electron chi connectivity index (χ1n) is 5.85. The number of carboxylic acids is 1. The van der Waals surface area contributed by atoms with Crippen molar-refractivity contribution in [3.8, 4) is 0 Å². The Labute approximate surface area is 129 Å². The van der Waals surface area contributed by atoms with Crippen LogP contribution in [0.15, 0.2) is 40.0 Å². The molecule has 9 heteroatoms. The molecule has 1 heterocycles. The van der Waals surface area contributed by atoms with Crippen LogP contribution in [0, 0.1) is 0 Å². The Morgan fingerprint density at radius 3 is 2.76 bits per heavy atom. The maximum atomic E-state index is 12.4. The molecule has 2 rings (SSSR count). The number of carboxylic acid groups (broad SMARTS) is 1. The van der Waals surface area contributed by atoms with Gasteiger partial charge in [0, 0.05) is 16.9 Å². The highest BCUT2D eigenvalue weighted by molar-refractivity contribution is 9.10. The number of halogens is 1. The summed E-state index contributed by atoms with van der Waals surface area (Å²) in [6, 6.07) is 3.23. The Morgan fingerprint density at radius 1 is 1.48 bits per heavy atom. The number of nitrogens with one attached hydrogen (secondary N) is 2. The van der Waals surface area contributed by atoms with Crippen molar-refractivity contribution in [2.45, 2.75) is 17.9 Å². The van der Waals surface area contributed by atoms with Gasteiger partial charge in [0.25, 0.3) is 0 Å². The Hall–Kier alpha value is -1.71. The smallest absolute Gasteiger partial charge is 0.335 e. The molecule has 0 spiro atoms. The van der Waals surface area contributed by atoms with E-state index in [1.54, 1.807) is 13.1 Å². The predicted molar refractivity (Wildman–Crippen MR) is 78.4 cm³/mol. The van der Waals surface area contributed by atoms with Crippen LogP contribution in [0.1, 0.15) is 29.1 Å². The van der Waals surface area contributed by atoms with E-state index in [-0.39, 0.29) is 14.9 Å². The van der Waals surface area contributed by atoms with Crippen LogP contribution in [-0.4, -0.2) is 29.5 Å². The van der Waals surface area contributed by atoms with E-state index in [0.717, 1.165) is 6.07 Å². The number of carbonyl (C=O) groups is 1. The minimum absolute atomic E-state index is 0.107. The van der Waals surface area contributed by atoms with Gasteiger partial charge >= 0.3 is 5.97 Å². The van der Waals surface area contributed by atoms with Gasteiger partial charge in [0.15, 0.2) is 0 Å². The van der Waals surface area contributed by atoms with Crippen LogP contribution in [0.3, 0.4) is 0 Å². The summed E-state index contributed by atoms with van der Waals surface area (Å²) in [6.45, 7) is 1.63. The average Bonchev–Trinajstić information content (AvgIpc) is 2.92. The fourth-order valence-electron chi connectivity index (χ4n) is 1.71. The van der Waals surface area contributed by atoms with Crippen molar-refractivity contribution in [1.82, 2.24) is 14.7 Å². The number of aromatic amines is 1. The van der Waals surface area contributed by atoms with E-state index in [2.05, 4.69) is 30.6 Å². The monoisotopic (exact) mass is 373 g/mol. The number of H-pyrrole nitrogens is 1. The fourth-order valence-corrected chi connectivity index (χ4v) is 3.91. The Morgan fingerprint density at radius 2 is 2.19 bits per heavy atom. The van der Waals surface area contributed by atoms with Crippen molar-refractivity contribution in [3.63, 3.8) is 0 Å². The number of aromatic nitrogens is 2. The van der Waals surface area contributed by atoms with Crippen LogP contribution in [-0.2, 0) is 10.0 Å². The Bertz CT molecular complexity index is 759. The molecular weight excluding hydrogens is 362 g/mol. The summed E-state index contributed by atoms with van der Waals surface area (Å²) in [4.78, 5) is 17.6. The molecule has 1 aromatic heterocycles. The van der Waals surface area contributed by atoms with Crippen LogP contribution in [0.2, 0.25) is 0 Å². The van der Waals surface area contributed by atoms with Gasteiger partial charge in [0.2, 0.25) is 10.0 Å². The van der Waals surface area contributed by atoms with Crippen molar-refractivity contribution < 1.29 is 18.3 Å². The predicted octanol–water partition coefficient (Wildman–Crippen LogP) is 1.91. The molecule has 21 heavy (non-hydrogen) atoms. The third-order valence-electron chi connectivity index (χ3n) is 2.73. The van der Waals surface area contributed by atoms with E-state index >= 15 is 0 Å². The van der Waals surface area contributed by atoms with Gasteiger partial charge in [-0.3, -0.25) is 0 Å². The molecule has 0 fully saturated rings. The molecule has 0 radical (unpaired) electrons. The van der Waals surface area contributed by atoms with Crippen LogP contribution in [0.5, 0.6) is 0 Å². The van der Waals surface area contributed by atoms with Gasteiger partial charge in [-0.2, -0.15) is 0 Å². The number of hydrogen-bond acceptors (Lipinski definition) is 4. The zero-order chi connectivity index (χ0) is 15.6. The van der Waals surface area contributed by atoms with E-state index in [0.29, 0.717) is 5.82 Å². The second kappa shape index (κ2) is 5.96. The van der Waals surface area contributed by atoms with E-state index < -0.39 is 22.0 Å². The molecule has 0 aliphatic carbocycles. The SMILES string of the molecule is CC(NS(=O)(=O)c1cc(C(=O)O)ccc1Br)c1ncc[nH]1. The lowest BCUT2D eigenvalue weighted by Gasteiger charge is -2.13. The van der Waals surface area contributed by atoms with Gasteiger partial charge in [0.05, 0.1) is 16.5 Å². The van der Waals surface area contributed by atoms with E-state index in [1.807, 2.05) is 0 Å². The zero-order valence-corrected chi connectivity index (χ0v) is 13.3. The van der Waals surface area contributed by atoms with Gasteiger partial charge in [-0.05, 0) is 41.1 Å². The van der Waals surface area contributed by atoms with Gasteiger partial charge in [-0.25, -0.2) is 22.9 Å². The summed E-state index contributed by atoms with van der Waals surface area (Å²) in [6.07, 6.45) is 3.10. The van der Waals surface area contributed by atoms with Crippen molar-refractivity contribution in [3.05, 3.63) is 46.5 Å². The first kappa shape index (κ1) is 15.7. The molecule has 112 valence electrons. The highest BCUT2D eigenvalue weighted by atomic mass is 79.9. The Kier molecular flexibility index (Phi) is 4.45. The summed E-state index contributed by atoms with van der Waals surface area (Å²) in [5, 5.41) is 8.95. The lowest BCUT2D eigenvalue weighted by molar-refractivity contribution is 0.0696. The summed E-state index contributed by atoms with van der Waals surface area (Å²) in [5.41, 5.74) is -0.107. The van der Waals surface area contributed by atoms with E-state index in [4.69, 9.17) is 5.11 Å². The third kappa shape index (κ3) is 3.49. The van der Waals surface area contributed by atoms with Gasteiger partial charge < -0.3 is 10.1 Å². The zero-order valence-electron chi connectivity index (χ0n) is 10.9. The number of imidazole rings is 1. The number of rotatable bonds is 5. The molecule has 1 unspecified atom stereocenters. The van der Waals surface area contributed by atoms with Gasteiger partial charge in [-0.15, -0.1) is 0 Å². The van der Waals surface area contributed by atoms with Crippen LogP contribution in [0.4, 0.5) is 0 Å². The largest absolute Gasteiger partial charge is 0.478 e. The molecule has 7 nitrogen and oxygen atoms in total.